The van der Waals surface area contributed by atoms with Crippen LogP contribution in [0.3, 0.4) is 0 Å². The Bertz CT molecular complexity index is 1000. The molecule has 0 bridgehead atoms. The molecule has 0 unspecified atom stereocenters. The zero-order valence-corrected chi connectivity index (χ0v) is 16.3. The fourth-order valence-corrected chi connectivity index (χ4v) is 2.92. The number of anilines is 3. The molecule has 1 aromatic heterocycles. The molecule has 2 heterocycles. The van der Waals surface area contributed by atoms with Crippen LogP contribution in [0.25, 0.3) is 0 Å². The second-order valence-electron chi connectivity index (χ2n) is 6.87. The molecule has 148 valence electrons. The summed E-state index contributed by atoms with van der Waals surface area (Å²) >= 11 is 0. The summed E-state index contributed by atoms with van der Waals surface area (Å²) in [6.45, 7) is 0.852. The Balaban J connectivity index is 1.34. The summed E-state index contributed by atoms with van der Waals surface area (Å²) in [5.41, 5.74) is 3.36. The molecule has 0 atom stereocenters. The molecule has 0 saturated carbocycles. The lowest BCUT2D eigenvalue weighted by Gasteiger charge is -2.13. The summed E-state index contributed by atoms with van der Waals surface area (Å²) in [6, 6.07) is 17.0. The highest BCUT2D eigenvalue weighted by molar-refractivity contribution is 6.04. The molecule has 2 aromatic carbocycles. The second kappa shape index (κ2) is 8.10. The number of ether oxygens (including phenoxy) is 2. The first-order valence-electron chi connectivity index (χ1n) is 9.26. The quantitative estimate of drug-likeness (QED) is 0.668. The van der Waals surface area contributed by atoms with Crippen molar-refractivity contribution in [3.63, 3.8) is 0 Å². The standard InChI is InChI=1S/C22H22N4O3/c1-26(2)18-7-5-17(6-8-18)25-22(27)16-4-10-21(24-13-16)23-12-15-3-9-19-20(11-15)29-14-28-19/h3-11,13H,12,14H2,1-2H3,(H,23,24)(H,25,27). The average Bonchev–Trinajstić information content (AvgIpc) is 3.21. The molecule has 0 radical (unpaired) electrons. The van der Waals surface area contributed by atoms with Crippen LogP contribution in [0.4, 0.5) is 17.2 Å². The maximum atomic E-state index is 12.4. The van der Waals surface area contributed by atoms with Gasteiger partial charge in [0, 0.05) is 38.2 Å². The van der Waals surface area contributed by atoms with Crippen LogP contribution < -0.4 is 25.0 Å². The Kier molecular flexibility index (Phi) is 5.20. The fraction of sp³-hybridized carbons (Fsp3) is 0.182. The SMILES string of the molecule is CN(C)c1ccc(NC(=O)c2ccc(NCc3ccc4c(c3)OCO4)nc2)cc1. The summed E-state index contributed by atoms with van der Waals surface area (Å²) in [5.74, 6) is 2.01. The normalized spacial score (nSPS) is 11.8. The number of amides is 1. The molecule has 0 fully saturated rings. The molecule has 1 aliphatic rings. The van der Waals surface area contributed by atoms with Crippen molar-refractivity contribution in [3.8, 4) is 11.5 Å². The monoisotopic (exact) mass is 390 g/mol. The van der Waals surface area contributed by atoms with E-state index in [1.54, 1.807) is 18.3 Å². The molecular formula is C22H22N4O3. The number of nitrogens with zero attached hydrogens (tertiary/aromatic N) is 2. The highest BCUT2D eigenvalue weighted by Gasteiger charge is 2.13. The van der Waals surface area contributed by atoms with Gasteiger partial charge in [-0.1, -0.05) is 6.07 Å². The predicted molar refractivity (Wildman–Crippen MR) is 113 cm³/mol. The van der Waals surface area contributed by atoms with Crippen LogP contribution in [0.2, 0.25) is 0 Å². The third kappa shape index (κ3) is 4.40. The Morgan fingerprint density at radius 3 is 2.55 bits per heavy atom. The van der Waals surface area contributed by atoms with Crippen LogP contribution in [-0.2, 0) is 6.54 Å². The third-order valence-corrected chi connectivity index (χ3v) is 4.58. The van der Waals surface area contributed by atoms with Gasteiger partial charge < -0.3 is 25.0 Å². The Hall–Kier alpha value is -3.74. The lowest BCUT2D eigenvalue weighted by atomic mass is 10.2. The Morgan fingerprint density at radius 2 is 1.83 bits per heavy atom. The van der Waals surface area contributed by atoms with Crippen molar-refractivity contribution in [3.05, 3.63) is 71.9 Å². The summed E-state index contributed by atoms with van der Waals surface area (Å²) in [4.78, 5) is 18.8. The number of pyridine rings is 1. The molecule has 3 aromatic rings. The number of fused-ring (bicyclic) bond motifs is 1. The molecule has 29 heavy (non-hydrogen) atoms. The van der Waals surface area contributed by atoms with Gasteiger partial charge in [-0.15, -0.1) is 0 Å². The number of carbonyl (C=O) groups excluding carboxylic acids is 1. The van der Waals surface area contributed by atoms with E-state index >= 15 is 0 Å². The van der Waals surface area contributed by atoms with Crippen molar-refractivity contribution in [2.24, 2.45) is 0 Å². The number of benzene rings is 2. The van der Waals surface area contributed by atoms with Gasteiger partial charge in [0.2, 0.25) is 6.79 Å². The van der Waals surface area contributed by atoms with Crippen molar-refractivity contribution in [2.45, 2.75) is 6.54 Å². The van der Waals surface area contributed by atoms with Gasteiger partial charge in [0.05, 0.1) is 5.56 Å². The minimum atomic E-state index is -0.197. The van der Waals surface area contributed by atoms with E-state index in [0.717, 1.165) is 28.4 Å². The molecule has 2 N–H and O–H groups in total. The van der Waals surface area contributed by atoms with Gasteiger partial charge in [-0.2, -0.15) is 0 Å². The molecule has 0 spiro atoms. The molecule has 1 amide bonds. The molecule has 1 aliphatic heterocycles. The Morgan fingerprint density at radius 1 is 1.03 bits per heavy atom. The first-order valence-corrected chi connectivity index (χ1v) is 9.26. The van der Waals surface area contributed by atoms with Gasteiger partial charge >= 0.3 is 0 Å². The van der Waals surface area contributed by atoms with Crippen LogP contribution >= 0.6 is 0 Å². The zero-order valence-electron chi connectivity index (χ0n) is 16.3. The van der Waals surface area contributed by atoms with E-state index in [1.165, 1.54) is 0 Å². The summed E-state index contributed by atoms with van der Waals surface area (Å²) < 4.78 is 10.7. The predicted octanol–water partition coefficient (Wildman–Crippen LogP) is 3.74. The minimum Gasteiger partial charge on any atom is -0.454 e. The number of carbonyl (C=O) groups is 1. The van der Waals surface area contributed by atoms with Gasteiger partial charge in [-0.25, -0.2) is 4.98 Å². The van der Waals surface area contributed by atoms with Crippen LogP contribution in [0, 0.1) is 0 Å². The maximum Gasteiger partial charge on any atom is 0.257 e. The van der Waals surface area contributed by atoms with Crippen molar-refractivity contribution in [1.29, 1.82) is 0 Å². The van der Waals surface area contributed by atoms with E-state index in [1.807, 2.05) is 61.5 Å². The number of nitrogens with one attached hydrogen (secondary N) is 2. The van der Waals surface area contributed by atoms with Crippen LogP contribution in [0.5, 0.6) is 11.5 Å². The van der Waals surface area contributed by atoms with E-state index in [0.29, 0.717) is 17.9 Å². The fourth-order valence-electron chi connectivity index (χ4n) is 2.92. The van der Waals surface area contributed by atoms with Crippen LogP contribution in [0.1, 0.15) is 15.9 Å². The summed E-state index contributed by atoms with van der Waals surface area (Å²) in [7, 11) is 3.95. The largest absolute Gasteiger partial charge is 0.454 e. The lowest BCUT2D eigenvalue weighted by molar-refractivity contribution is 0.102. The molecule has 7 heteroatoms. The number of aromatic nitrogens is 1. The van der Waals surface area contributed by atoms with Crippen molar-refractivity contribution < 1.29 is 14.3 Å². The minimum absolute atomic E-state index is 0.197. The third-order valence-electron chi connectivity index (χ3n) is 4.58. The van der Waals surface area contributed by atoms with Crippen molar-refractivity contribution >= 4 is 23.1 Å². The van der Waals surface area contributed by atoms with Gasteiger partial charge in [0.15, 0.2) is 11.5 Å². The summed E-state index contributed by atoms with van der Waals surface area (Å²) in [5, 5.41) is 6.12. The van der Waals surface area contributed by atoms with E-state index < -0.39 is 0 Å². The number of hydrogen-bond acceptors (Lipinski definition) is 6. The van der Waals surface area contributed by atoms with E-state index in [-0.39, 0.29) is 12.7 Å². The molecular weight excluding hydrogens is 368 g/mol. The van der Waals surface area contributed by atoms with E-state index in [2.05, 4.69) is 15.6 Å². The summed E-state index contributed by atoms with van der Waals surface area (Å²) in [6.07, 6.45) is 1.56. The van der Waals surface area contributed by atoms with Gasteiger partial charge in [0.1, 0.15) is 5.82 Å². The average molecular weight is 390 g/mol. The Labute approximate surface area is 169 Å². The molecule has 4 rings (SSSR count). The zero-order chi connectivity index (χ0) is 20.2. The van der Waals surface area contributed by atoms with E-state index in [9.17, 15) is 4.79 Å². The van der Waals surface area contributed by atoms with Crippen LogP contribution in [-0.4, -0.2) is 31.8 Å². The number of rotatable bonds is 6. The smallest absolute Gasteiger partial charge is 0.257 e. The van der Waals surface area contributed by atoms with Gasteiger partial charge in [0.25, 0.3) is 5.91 Å². The highest BCUT2D eigenvalue weighted by Crippen LogP contribution is 2.32. The van der Waals surface area contributed by atoms with Crippen molar-refractivity contribution in [2.75, 3.05) is 36.4 Å². The first kappa shape index (κ1) is 18.6. The second-order valence-corrected chi connectivity index (χ2v) is 6.87. The number of hydrogen-bond donors (Lipinski definition) is 2. The van der Waals surface area contributed by atoms with Gasteiger partial charge in [-0.3, -0.25) is 4.79 Å². The van der Waals surface area contributed by atoms with Crippen LogP contribution in [0.15, 0.2) is 60.8 Å². The van der Waals surface area contributed by atoms with Crippen molar-refractivity contribution in [1.82, 2.24) is 4.98 Å². The topological polar surface area (TPSA) is 75.7 Å². The maximum absolute atomic E-state index is 12.4. The molecule has 0 saturated heterocycles. The highest BCUT2D eigenvalue weighted by atomic mass is 16.7. The first-order chi connectivity index (χ1) is 14.1. The molecule has 7 nitrogen and oxygen atoms in total. The van der Waals surface area contributed by atoms with E-state index in [4.69, 9.17) is 9.47 Å². The lowest BCUT2D eigenvalue weighted by Crippen LogP contribution is -2.13. The molecule has 0 aliphatic carbocycles. The van der Waals surface area contributed by atoms with Gasteiger partial charge in [-0.05, 0) is 54.1 Å².